The lowest BCUT2D eigenvalue weighted by Gasteiger charge is -2.26. The van der Waals surface area contributed by atoms with Crippen LogP contribution in [0.4, 0.5) is 0 Å². The second-order valence-electron chi connectivity index (χ2n) is 5.91. The predicted octanol–water partition coefficient (Wildman–Crippen LogP) is 1.95. The first-order valence-corrected chi connectivity index (χ1v) is 9.24. The molecular weight excluding hydrogens is 340 g/mol. The maximum atomic E-state index is 5.88. The van der Waals surface area contributed by atoms with E-state index in [1.165, 1.54) is 0 Å². The third-order valence-corrected chi connectivity index (χ3v) is 4.24. The highest BCUT2D eigenvalue weighted by atomic mass is 35.5. The molecule has 1 aromatic rings. The average Bonchev–Trinajstić information content (AvgIpc) is 2.63. The molecule has 25 heavy (non-hydrogen) atoms. The van der Waals surface area contributed by atoms with Crippen molar-refractivity contribution in [3.63, 3.8) is 0 Å². The second kappa shape index (κ2) is 11.2. The van der Waals surface area contributed by atoms with Crippen LogP contribution in [-0.2, 0) is 4.74 Å². The molecule has 0 atom stereocenters. The van der Waals surface area contributed by atoms with Crippen molar-refractivity contribution < 1.29 is 9.47 Å². The van der Waals surface area contributed by atoms with Gasteiger partial charge in [0.1, 0.15) is 12.4 Å². The highest BCUT2D eigenvalue weighted by Gasteiger charge is 2.10. The van der Waals surface area contributed by atoms with Crippen molar-refractivity contribution in [2.75, 3.05) is 66.1 Å². The van der Waals surface area contributed by atoms with Crippen LogP contribution in [0, 0.1) is 0 Å². The number of hydrogen-bond acceptors (Lipinski definition) is 4. The zero-order chi connectivity index (χ0) is 17.9. The Labute approximate surface area is 155 Å². The van der Waals surface area contributed by atoms with E-state index in [1.54, 1.807) is 0 Å². The fourth-order valence-electron chi connectivity index (χ4n) is 2.53. The number of likely N-dealkylation sites (N-methyl/N-ethyl adjacent to an activating group) is 1. The van der Waals surface area contributed by atoms with Gasteiger partial charge in [0, 0.05) is 38.2 Å². The van der Waals surface area contributed by atoms with Crippen LogP contribution >= 0.6 is 11.6 Å². The number of hydrogen-bond donors (Lipinski definition) is 1. The summed E-state index contributed by atoms with van der Waals surface area (Å²) in [5.41, 5.74) is 0. The molecule has 1 aromatic carbocycles. The molecule has 0 saturated carbocycles. The molecule has 0 radical (unpaired) electrons. The van der Waals surface area contributed by atoms with Gasteiger partial charge in [-0.05, 0) is 31.2 Å². The molecule has 1 saturated heterocycles. The molecule has 0 aromatic heterocycles. The van der Waals surface area contributed by atoms with Crippen LogP contribution in [0.25, 0.3) is 0 Å². The lowest BCUT2D eigenvalue weighted by Crippen LogP contribution is -2.42. The Morgan fingerprint density at radius 2 is 2.04 bits per heavy atom. The van der Waals surface area contributed by atoms with Crippen molar-refractivity contribution in [2.45, 2.75) is 6.92 Å². The standard InChI is InChI=1S/C18H29ClN4O2/c1-3-20-18(21-8-9-23-11-13-24-14-12-23)22(2)10-15-25-17-6-4-16(19)5-7-17/h4-7H,3,8-15H2,1-2H3,(H,20,21). The first-order chi connectivity index (χ1) is 12.2. The van der Waals surface area contributed by atoms with E-state index in [2.05, 4.69) is 22.0 Å². The molecule has 1 N–H and O–H groups in total. The molecule has 140 valence electrons. The molecule has 2 rings (SSSR count). The minimum absolute atomic E-state index is 0.589. The number of benzene rings is 1. The molecule has 0 unspecified atom stereocenters. The van der Waals surface area contributed by atoms with E-state index >= 15 is 0 Å². The van der Waals surface area contributed by atoms with E-state index < -0.39 is 0 Å². The SMILES string of the molecule is CCNC(=NCCN1CCOCC1)N(C)CCOc1ccc(Cl)cc1. The fourth-order valence-corrected chi connectivity index (χ4v) is 2.65. The van der Waals surface area contributed by atoms with Crippen LogP contribution in [0.3, 0.4) is 0 Å². The van der Waals surface area contributed by atoms with Crippen molar-refractivity contribution in [2.24, 2.45) is 4.99 Å². The normalized spacial score (nSPS) is 15.9. The van der Waals surface area contributed by atoms with E-state index in [-0.39, 0.29) is 0 Å². The minimum Gasteiger partial charge on any atom is -0.492 e. The Bertz CT molecular complexity index is 518. The van der Waals surface area contributed by atoms with E-state index in [9.17, 15) is 0 Å². The first kappa shape index (κ1) is 19.8. The number of halogens is 1. The summed E-state index contributed by atoms with van der Waals surface area (Å²) in [5.74, 6) is 1.74. The lowest BCUT2D eigenvalue weighted by atomic mass is 10.3. The predicted molar refractivity (Wildman–Crippen MR) is 103 cm³/mol. The smallest absolute Gasteiger partial charge is 0.193 e. The molecular formula is C18H29ClN4O2. The molecule has 7 heteroatoms. The van der Waals surface area contributed by atoms with Gasteiger partial charge in [0.25, 0.3) is 0 Å². The van der Waals surface area contributed by atoms with Gasteiger partial charge in [0.05, 0.1) is 26.3 Å². The Hall–Kier alpha value is -1.50. The lowest BCUT2D eigenvalue weighted by molar-refractivity contribution is 0.0394. The number of guanidine groups is 1. The number of nitrogens with zero attached hydrogens (tertiary/aromatic N) is 3. The summed E-state index contributed by atoms with van der Waals surface area (Å²) >= 11 is 5.88. The van der Waals surface area contributed by atoms with Gasteiger partial charge >= 0.3 is 0 Å². The van der Waals surface area contributed by atoms with Crippen LogP contribution < -0.4 is 10.1 Å². The Kier molecular flexibility index (Phi) is 8.86. The summed E-state index contributed by atoms with van der Waals surface area (Å²) in [7, 11) is 2.03. The minimum atomic E-state index is 0.589. The Balaban J connectivity index is 1.74. The molecule has 6 nitrogen and oxygen atoms in total. The monoisotopic (exact) mass is 368 g/mol. The summed E-state index contributed by atoms with van der Waals surface area (Å²) in [5, 5.41) is 4.05. The van der Waals surface area contributed by atoms with E-state index in [4.69, 9.17) is 26.1 Å². The molecule has 1 aliphatic heterocycles. The van der Waals surface area contributed by atoms with E-state index in [0.29, 0.717) is 11.6 Å². The highest BCUT2D eigenvalue weighted by Crippen LogP contribution is 2.15. The maximum absolute atomic E-state index is 5.88. The summed E-state index contributed by atoms with van der Waals surface area (Å²) in [4.78, 5) is 9.21. The van der Waals surface area contributed by atoms with Gasteiger partial charge in [-0.25, -0.2) is 0 Å². The van der Waals surface area contributed by atoms with Gasteiger partial charge in [0.15, 0.2) is 5.96 Å². The van der Waals surface area contributed by atoms with E-state index in [1.807, 2.05) is 31.3 Å². The largest absolute Gasteiger partial charge is 0.492 e. The second-order valence-corrected chi connectivity index (χ2v) is 6.35. The maximum Gasteiger partial charge on any atom is 0.193 e. The van der Waals surface area contributed by atoms with Crippen molar-refractivity contribution in [3.05, 3.63) is 29.3 Å². The van der Waals surface area contributed by atoms with Gasteiger partial charge in [-0.1, -0.05) is 11.6 Å². The number of nitrogens with one attached hydrogen (secondary N) is 1. The van der Waals surface area contributed by atoms with Gasteiger partial charge < -0.3 is 19.7 Å². The first-order valence-electron chi connectivity index (χ1n) is 8.87. The van der Waals surface area contributed by atoms with Gasteiger partial charge in [-0.15, -0.1) is 0 Å². The summed E-state index contributed by atoms with van der Waals surface area (Å²) in [6, 6.07) is 7.42. The van der Waals surface area contributed by atoms with Crippen molar-refractivity contribution in [1.29, 1.82) is 0 Å². The van der Waals surface area contributed by atoms with Gasteiger partial charge in [-0.3, -0.25) is 9.89 Å². The van der Waals surface area contributed by atoms with Crippen molar-refractivity contribution in [3.8, 4) is 5.75 Å². The van der Waals surface area contributed by atoms with Crippen LogP contribution in [0.1, 0.15) is 6.92 Å². The average molecular weight is 369 g/mol. The Morgan fingerprint density at radius 1 is 1.32 bits per heavy atom. The zero-order valence-electron chi connectivity index (χ0n) is 15.2. The number of ether oxygens (including phenoxy) is 2. The highest BCUT2D eigenvalue weighted by molar-refractivity contribution is 6.30. The van der Waals surface area contributed by atoms with Gasteiger partial charge in [-0.2, -0.15) is 0 Å². The third kappa shape index (κ3) is 7.50. The Morgan fingerprint density at radius 3 is 2.72 bits per heavy atom. The molecule has 1 heterocycles. The summed E-state index contributed by atoms with van der Waals surface area (Å²) in [6.45, 7) is 9.66. The van der Waals surface area contributed by atoms with Crippen LogP contribution in [-0.4, -0.2) is 81.9 Å². The van der Waals surface area contributed by atoms with Crippen LogP contribution in [0.15, 0.2) is 29.3 Å². The van der Waals surface area contributed by atoms with Crippen molar-refractivity contribution in [1.82, 2.24) is 15.1 Å². The molecule has 0 bridgehead atoms. The van der Waals surface area contributed by atoms with Crippen LogP contribution in [0.2, 0.25) is 5.02 Å². The van der Waals surface area contributed by atoms with Gasteiger partial charge in [0.2, 0.25) is 0 Å². The summed E-state index contributed by atoms with van der Waals surface area (Å²) < 4.78 is 11.1. The number of morpholine rings is 1. The quantitative estimate of drug-likeness (QED) is 0.561. The zero-order valence-corrected chi connectivity index (χ0v) is 16.0. The summed E-state index contributed by atoms with van der Waals surface area (Å²) in [6.07, 6.45) is 0. The van der Waals surface area contributed by atoms with Crippen LogP contribution in [0.5, 0.6) is 5.75 Å². The number of aliphatic imine (C=N–C) groups is 1. The molecule has 0 spiro atoms. The third-order valence-electron chi connectivity index (χ3n) is 3.99. The molecule has 0 aliphatic carbocycles. The van der Waals surface area contributed by atoms with E-state index in [0.717, 1.165) is 64.2 Å². The van der Waals surface area contributed by atoms with Crippen molar-refractivity contribution >= 4 is 17.6 Å². The molecule has 1 fully saturated rings. The topological polar surface area (TPSA) is 49.3 Å². The molecule has 0 amide bonds. The molecule has 1 aliphatic rings. The number of rotatable bonds is 8. The fraction of sp³-hybridized carbons (Fsp3) is 0.611.